The van der Waals surface area contributed by atoms with Gasteiger partial charge in [-0.1, -0.05) is 35.8 Å². The van der Waals surface area contributed by atoms with Gasteiger partial charge in [0.05, 0.1) is 0 Å². The summed E-state index contributed by atoms with van der Waals surface area (Å²) in [7, 11) is 0. The lowest BCUT2D eigenvalue weighted by atomic mass is 9.67. The minimum atomic E-state index is -0.217. The van der Waals surface area contributed by atoms with Crippen molar-refractivity contribution in [2.24, 2.45) is 5.41 Å². The van der Waals surface area contributed by atoms with Gasteiger partial charge in [-0.3, -0.25) is 0 Å². The normalized spacial score (nSPS) is 26.6. The maximum Gasteiger partial charge on any atom is 0.124 e. The molecule has 2 rings (SSSR count). The van der Waals surface area contributed by atoms with Gasteiger partial charge < -0.3 is 5.32 Å². The molecule has 0 spiro atoms. The lowest BCUT2D eigenvalue weighted by molar-refractivity contribution is 0.115. The van der Waals surface area contributed by atoms with Crippen molar-refractivity contribution in [2.75, 3.05) is 0 Å². The third-order valence-corrected chi connectivity index (χ3v) is 5.18. The fourth-order valence-corrected chi connectivity index (χ4v) is 2.94. The maximum atomic E-state index is 12.9. The minimum Gasteiger partial charge on any atom is -0.309 e. The fraction of sp³-hybridized carbons (Fsp3) is 0.538. The summed E-state index contributed by atoms with van der Waals surface area (Å²) in [4.78, 5) is 0. The van der Waals surface area contributed by atoms with Crippen LogP contribution in [0.5, 0.6) is 0 Å². The van der Waals surface area contributed by atoms with Gasteiger partial charge in [0.2, 0.25) is 0 Å². The van der Waals surface area contributed by atoms with Crippen molar-refractivity contribution in [3.63, 3.8) is 0 Å². The van der Waals surface area contributed by atoms with Crippen LogP contribution in [0.15, 0.2) is 22.7 Å². The van der Waals surface area contributed by atoms with Gasteiger partial charge in [0.15, 0.2) is 0 Å². The highest BCUT2D eigenvalue weighted by molar-refractivity contribution is 9.10. The van der Waals surface area contributed by atoms with E-state index in [1.165, 1.54) is 12.1 Å². The van der Waals surface area contributed by atoms with Crippen molar-refractivity contribution in [3.05, 3.63) is 34.1 Å². The van der Waals surface area contributed by atoms with E-state index in [1.807, 2.05) is 0 Å². The Morgan fingerprint density at radius 1 is 1.53 bits per heavy atom. The van der Waals surface area contributed by atoms with Crippen LogP contribution in [-0.4, -0.2) is 11.4 Å². The lowest BCUT2D eigenvalue weighted by Crippen LogP contribution is -2.57. The quantitative estimate of drug-likeness (QED) is 0.827. The molecule has 0 amide bonds. The van der Waals surface area contributed by atoms with Gasteiger partial charge in [-0.25, -0.2) is 4.39 Å². The van der Waals surface area contributed by atoms with Crippen molar-refractivity contribution in [2.45, 2.75) is 38.2 Å². The summed E-state index contributed by atoms with van der Waals surface area (Å²) in [6.07, 6.45) is 0.993. The number of rotatable bonds is 3. The number of hydrogen-bond donors (Lipinski definition) is 1. The van der Waals surface area contributed by atoms with Crippen LogP contribution in [0, 0.1) is 11.2 Å². The van der Waals surface area contributed by atoms with Gasteiger partial charge in [-0.2, -0.15) is 0 Å². The second-order valence-corrected chi connectivity index (χ2v) is 6.57. The Hall–Kier alpha value is -0.120. The van der Waals surface area contributed by atoms with Gasteiger partial charge in [0.25, 0.3) is 0 Å². The van der Waals surface area contributed by atoms with E-state index in [2.05, 4.69) is 35.1 Å². The molecule has 1 fully saturated rings. The molecule has 0 radical (unpaired) electrons. The van der Waals surface area contributed by atoms with Crippen LogP contribution in [0.3, 0.4) is 0 Å². The fourth-order valence-electron chi connectivity index (χ4n) is 2.12. The molecule has 2 unspecified atom stereocenters. The number of nitrogens with one attached hydrogen (secondary N) is 1. The topological polar surface area (TPSA) is 12.0 Å². The summed E-state index contributed by atoms with van der Waals surface area (Å²) < 4.78 is 13.7. The zero-order chi connectivity index (χ0) is 12.6. The molecule has 1 saturated carbocycles. The number of alkyl halides is 1. The van der Waals surface area contributed by atoms with E-state index < -0.39 is 0 Å². The van der Waals surface area contributed by atoms with Crippen LogP contribution < -0.4 is 5.32 Å². The van der Waals surface area contributed by atoms with Crippen LogP contribution in [0.4, 0.5) is 4.39 Å². The van der Waals surface area contributed by atoms with Crippen molar-refractivity contribution in [1.82, 2.24) is 5.32 Å². The molecule has 1 N–H and O–H groups in total. The molecule has 1 aromatic rings. The second kappa shape index (κ2) is 4.87. The predicted molar refractivity (Wildman–Crippen MR) is 72.8 cm³/mol. The zero-order valence-corrected chi connectivity index (χ0v) is 12.3. The van der Waals surface area contributed by atoms with Gasteiger partial charge in [-0.15, -0.1) is 11.6 Å². The Morgan fingerprint density at radius 2 is 2.24 bits per heavy atom. The molecule has 0 saturated heterocycles. The third-order valence-electron chi connectivity index (χ3n) is 3.70. The average Bonchev–Trinajstić information content (AvgIpc) is 2.26. The van der Waals surface area contributed by atoms with Gasteiger partial charge in [0, 0.05) is 22.4 Å². The van der Waals surface area contributed by atoms with Crippen LogP contribution in [-0.2, 0) is 6.54 Å². The molecule has 0 aromatic heterocycles. The summed E-state index contributed by atoms with van der Waals surface area (Å²) in [6, 6.07) is 5.21. The Kier molecular flexibility index (Phi) is 3.81. The summed E-state index contributed by atoms with van der Waals surface area (Å²) in [5.74, 6) is -0.217. The first-order chi connectivity index (χ1) is 7.91. The molecule has 1 nitrogen and oxygen atoms in total. The van der Waals surface area contributed by atoms with Crippen molar-refractivity contribution >= 4 is 27.5 Å². The number of halogens is 3. The van der Waals surface area contributed by atoms with Crippen molar-refractivity contribution in [1.29, 1.82) is 0 Å². The molecule has 1 aliphatic rings. The van der Waals surface area contributed by atoms with E-state index >= 15 is 0 Å². The van der Waals surface area contributed by atoms with Crippen LogP contribution in [0.1, 0.15) is 25.8 Å². The largest absolute Gasteiger partial charge is 0.309 e. The predicted octanol–water partition coefficient (Wildman–Crippen LogP) is 4.08. The molecule has 94 valence electrons. The minimum absolute atomic E-state index is 0.133. The van der Waals surface area contributed by atoms with E-state index in [0.717, 1.165) is 23.0 Å². The molecule has 0 heterocycles. The highest BCUT2D eigenvalue weighted by Crippen LogP contribution is 2.44. The SMILES string of the molecule is CC1(C)C(Cl)CC1NCc1ccc(F)cc1Br. The van der Waals surface area contributed by atoms with E-state index in [4.69, 9.17) is 11.6 Å². The molecule has 1 aromatic carbocycles. The van der Waals surface area contributed by atoms with E-state index in [1.54, 1.807) is 6.07 Å². The van der Waals surface area contributed by atoms with Crippen molar-refractivity contribution < 1.29 is 4.39 Å². The van der Waals surface area contributed by atoms with Crippen LogP contribution in [0.2, 0.25) is 0 Å². The Morgan fingerprint density at radius 3 is 2.76 bits per heavy atom. The highest BCUT2D eigenvalue weighted by atomic mass is 79.9. The Labute approximate surface area is 115 Å². The van der Waals surface area contributed by atoms with Gasteiger partial charge >= 0.3 is 0 Å². The van der Waals surface area contributed by atoms with Crippen LogP contribution >= 0.6 is 27.5 Å². The average molecular weight is 321 g/mol. The summed E-state index contributed by atoms with van der Waals surface area (Å²) in [5.41, 5.74) is 1.20. The van der Waals surface area contributed by atoms with E-state index in [-0.39, 0.29) is 16.6 Å². The second-order valence-electron chi connectivity index (χ2n) is 5.19. The Bertz CT molecular complexity index is 422. The molecule has 2 atom stereocenters. The van der Waals surface area contributed by atoms with Gasteiger partial charge in [0.1, 0.15) is 5.82 Å². The maximum absolute atomic E-state index is 12.9. The van der Waals surface area contributed by atoms with Crippen LogP contribution in [0.25, 0.3) is 0 Å². The molecule has 0 aliphatic heterocycles. The lowest BCUT2D eigenvalue weighted by Gasteiger charge is -2.49. The molecular formula is C13H16BrClFN. The molecule has 17 heavy (non-hydrogen) atoms. The molecular weight excluding hydrogens is 305 g/mol. The molecule has 4 heteroatoms. The van der Waals surface area contributed by atoms with E-state index in [0.29, 0.717) is 6.04 Å². The zero-order valence-electron chi connectivity index (χ0n) is 9.93. The first-order valence-electron chi connectivity index (χ1n) is 5.72. The highest BCUT2D eigenvalue weighted by Gasteiger charge is 2.46. The molecule has 1 aliphatic carbocycles. The Balaban J connectivity index is 1.95. The summed E-state index contributed by atoms with van der Waals surface area (Å²) in [5, 5.41) is 3.73. The van der Waals surface area contributed by atoms with E-state index in [9.17, 15) is 4.39 Å². The molecule has 0 bridgehead atoms. The van der Waals surface area contributed by atoms with Gasteiger partial charge in [-0.05, 0) is 29.5 Å². The number of benzene rings is 1. The first-order valence-corrected chi connectivity index (χ1v) is 6.95. The monoisotopic (exact) mass is 319 g/mol. The number of hydrogen-bond acceptors (Lipinski definition) is 1. The first kappa shape index (κ1) is 13.3. The summed E-state index contributed by atoms with van der Waals surface area (Å²) in [6.45, 7) is 5.08. The smallest absolute Gasteiger partial charge is 0.124 e. The standard InChI is InChI=1S/C13H16BrClFN/c1-13(2)11(15)6-12(13)17-7-8-3-4-9(16)5-10(8)14/h3-5,11-12,17H,6-7H2,1-2H3. The third kappa shape index (κ3) is 2.67. The summed E-state index contributed by atoms with van der Waals surface area (Å²) >= 11 is 9.54. The van der Waals surface area contributed by atoms with Crippen molar-refractivity contribution in [3.8, 4) is 0 Å².